The number of aromatic nitrogens is 2. The number of hydrogen-bond acceptors (Lipinski definition) is 6. The van der Waals surface area contributed by atoms with Crippen molar-refractivity contribution in [2.24, 2.45) is 0 Å². The summed E-state index contributed by atoms with van der Waals surface area (Å²) in [6.45, 7) is 0. The molecule has 2 aliphatic carbocycles. The quantitative estimate of drug-likeness (QED) is 0.404. The lowest BCUT2D eigenvalue weighted by atomic mass is 9.91. The van der Waals surface area contributed by atoms with Crippen LogP contribution in [0, 0.1) is 0 Å². The lowest BCUT2D eigenvalue weighted by molar-refractivity contribution is 0.0978. The molecule has 0 spiro atoms. The molecular weight excluding hydrogens is 380 g/mol. The second-order valence-electron chi connectivity index (χ2n) is 6.91. The van der Waals surface area contributed by atoms with Gasteiger partial charge in [-0.05, 0) is 31.2 Å². The minimum atomic E-state index is -0.279. The largest absolute Gasteiger partial charge is 0.288 e. The number of nitrogens with zero attached hydrogens (tertiary/aromatic N) is 2. The van der Waals surface area contributed by atoms with Gasteiger partial charge >= 0.3 is 0 Å². The summed E-state index contributed by atoms with van der Waals surface area (Å²) in [6, 6.07) is 6.78. The second kappa shape index (κ2) is 5.21. The molecule has 132 valence electrons. The van der Waals surface area contributed by atoms with E-state index in [2.05, 4.69) is 4.98 Å². The van der Waals surface area contributed by atoms with Crippen LogP contribution in [-0.2, 0) is 12.8 Å². The smallest absolute Gasteiger partial charge is 0.268 e. The first-order valence-corrected chi connectivity index (χ1v) is 10.5. The molecule has 0 radical (unpaired) electrons. The van der Waals surface area contributed by atoms with Crippen LogP contribution in [0.5, 0.6) is 0 Å². The Hall–Kier alpha value is -2.64. The van der Waals surface area contributed by atoms with Crippen molar-refractivity contribution < 1.29 is 9.59 Å². The van der Waals surface area contributed by atoms with Gasteiger partial charge in [0.1, 0.15) is 15.4 Å². The van der Waals surface area contributed by atoms with Crippen molar-refractivity contribution in [3.8, 4) is 0 Å². The maximum atomic E-state index is 13.4. The van der Waals surface area contributed by atoms with Gasteiger partial charge in [-0.2, -0.15) is 0 Å². The lowest BCUT2D eigenvalue weighted by Crippen LogP contribution is -2.25. The molecule has 0 fully saturated rings. The van der Waals surface area contributed by atoms with E-state index in [-0.39, 0.29) is 22.8 Å². The number of thiazole rings is 1. The van der Waals surface area contributed by atoms with E-state index >= 15 is 0 Å². The number of rotatable bonds is 0. The van der Waals surface area contributed by atoms with Crippen LogP contribution < -0.4 is 5.56 Å². The van der Waals surface area contributed by atoms with Gasteiger partial charge in [-0.1, -0.05) is 35.6 Å². The Balaban J connectivity index is 1.75. The third-order valence-electron chi connectivity index (χ3n) is 5.43. The number of benzene rings is 1. The molecule has 27 heavy (non-hydrogen) atoms. The summed E-state index contributed by atoms with van der Waals surface area (Å²) in [7, 11) is 0. The third kappa shape index (κ3) is 1.88. The molecule has 0 saturated heterocycles. The summed E-state index contributed by atoms with van der Waals surface area (Å²) in [5.41, 5.74) is 1.80. The highest BCUT2D eigenvalue weighted by molar-refractivity contribution is 7.20. The zero-order valence-electron chi connectivity index (χ0n) is 14.1. The SMILES string of the molecule is O=C1c2ccccc2C(=O)c2c1sc1nc3sc4c(c3c(=O)n21)CCCC4. The average molecular weight is 392 g/mol. The van der Waals surface area contributed by atoms with Gasteiger partial charge in [0.25, 0.3) is 5.56 Å². The van der Waals surface area contributed by atoms with Gasteiger partial charge in [0.05, 0.1) is 5.39 Å². The molecule has 5 nitrogen and oxygen atoms in total. The van der Waals surface area contributed by atoms with Crippen molar-refractivity contribution in [3.63, 3.8) is 0 Å². The zero-order chi connectivity index (χ0) is 18.3. The van der Waals surface area contributed by atoms with E-state index in [4.69, 9.17) is 0 Å². The number of ketones is 2. The van der Waals surface area contributed by atoms with Crippen LogP contribution in [0.3, 0.4) is 0 Å². The zero-order valence-corrected chi connectivity index (χ0v) is 15.7. The first kappa shape index (κ1) is 15.4. The lowest BCUT2D eigenvalue weighted by Gasteiger charge is -2.13. The summed E-state index contributed by atoms with van der Waals surface area (Å²) in [6.07, 6.45) is 4.06. The van der Waals surface area contributed by atoms with Crippen molar-refractivity contribution in [3.05, 3.63) is 66.8 Å². The van der Waals surface area contributed by atoms with Crippen molar-refractivity contribution in [1.82, 2.24) is 9.38 Å². The van der Waals surface area contributed by atoms with Gasteiger partial charge in [-0.3, -0.25) is 14.4 Å². The van der Waals surface area contributed by atoms with E-state index in [0.717, 1.165) is 47.4 Å². The minimum Gasteiger partial charge on any atom is -0.288 e. The number of hydrogen-bond donors (Lipinski definition) is 0. The van der Waals surface area contributed by atoms with Crippen LogP contribution in [0.25, 0.3) is 15.2 Å². The van der Waals surface area contributed by atoms with Crippen molar-refractivity contribution in [2.45, 2.75) is 25.7 Å². The summed E-state index contributed by atoms with van der Waals surface area (Å²) < 4.78 is 1.38. The first-order valence-electron chi connectivity index (χ1n) is 8.83. The number of thiophene rings is 1. The maximum Gasteiger partial charge on any atom is 0.268 e. The maximum absolute atomic E-state index is 13.4. The molecule has 0 saturated carbocycles. The summed E-state index contributed by atoms with van der Waals surface area (Å²) >= 11 is 2.71. The number of carbonyl (C=O) groups excluding carboxylic acids is 2. The Labute approximate surface area is 160 Å². The Morgan fingerprint density at radius 1 is 0.926 bits per heavy atom. The fourth-order valence-electron chi connectivity index (χ4n) is 4.18. The van der Waals surface area contributed by atoms with Gasteiger partial charge in [0, 0.05) is 16.0 Å². The average Bonchev–Trinajstić information content (AvgIpc) is 3.25. The molecule has 2 aliphatic rings. The fraction of sp³-hybridized carbons (Fsp3) is 0.200. The highest BCUT2D eigenvalue weighted by Gasteiger charge is 2.35. The molecule has 0 bridgehead atoms. The number of fused-ring (bicyclic) bond motifs is 7. The van der Waals surface area contributed by atoms with Gasteiger partial charge in [-0.15, -0.1) is 11.3 Å². The molecule has 0 N–H and O–H groups in total. The van der Waals surface area contributed by atoms with E-state index in [1.807, 2.05) is 0 Å². The van der Waals surface area contributed by atoms with Crippen LogP contribution in [0.1, 0.15) is 54.6 Å². The molecule has 0 aliphatic heterocycles. The van der Waals surface area contributed by atoms with E-state index < -0.39 is 0 Å². The molecule has 3 heterocycles. The van der Waals surface area contributed by atoms with Crippen LogP contribution in [0.15, 0.2) is 29.1 Å². The Bertz CT molecular complexity index is 1390. The Morgan fingerprint density at radius 2 is 1.67 bits per heavy atom. The summed E-state index contributed by atoms with van der Waals surface area (Å²) in [5, 5.41) is 0.631. The number of carbonyl (C=O) groups is 2. The van der Waals surface area contributed by atoms with E-state index in [1.165, 1.54) is 9.28 Å². The van der Waals surface area contributed by atoms with Crippen LogP contribution in [0.4, 0.5) is 0 Å². The van der Waals surface area contributed by atoms with Crippen LogP contribution >= 0.6 is 22.7 Å². The van der Waals surface area contributed by atoms with E-state index in [9.17, 15) is 14.4 Å². The Morgan fingerprint density at radius 3 is 2.48 bits per heavy atom. The number of aryl methyl sites for hydroxylation is 2. The van der Waals surface area contributed by atoms with Crippen LogP contribution in [-0.4, -0.2) is 21.0 Å². The van der Waals surface area contributed by atoms with Gasteiger partial charge in [0.15, 0.2) is 4.96 Å². The van der Waals surface area contributed by atoms with Gasteiger partial charge in [0.2, 0.25) is 11.6 Å². The molecule has 0 amide bonds. The highest BCUT2D eigenvalue weighted by Crippen LogP contribution is 2.37. The van der Waals surface area contributed by atoms with Gasteiger partial charge in [-0.25, -0.2) is 9.38 Å². The second-order valence-corrected chi connectivity index (χ2v) is 8.97. The summed E-state index contributed by atoms with van der Waals surface area (Å²) in [5.74, 6) is -0.487. The highest BCUT2D eigenvalue weighted by atomic mass is 32.1. The molecule has 4 aromatic rings. The Kier molecular flexibility index (Phi) is 2.97. The molecule has 6 rings (SSSR count). The summed E-state index contributed by atoms with van der Waals surface area (Å²) in [4.78, 5) is 46.8. The van der Waals surface area contributed by atoms with E-state index in [0.29, 0.717) is 26.4 Å². The molecule has 0 unspecified atom stereocenters. The monoisotopic (exact) mass is 392 g/mol. The van der Waals surface area contributed by atoms with Crippen molar-refractivity contribution >= 4 is 49.4 Å². The molecule has 3 aromatic heterocycles. The molecule has 7 heteroatoms. The van der Waals surface area contributed by atoms with E-state index in [1.54, 1.807) is 35.6 Å². The fourth-order valence-corrected chi connectivity index (χ4v) is 6.56. The molecule has 1 aromatic carbocycles. The predicted molar refractivity (Wildman–Crippen MR) is 105 cm³/mol. The minimum absolute atomic E-state index is 0.175. The van der Waals surface area contributed by atoms with Crippen molar-refractivity contribution in [2.75, 3.05) is 0 Å². The van der Waals surface area contributed by atoms with Gasteiger partial charge < -0.3 is 0 Å². The van der Waals surface area contributed by atoms with Crippen molar-refractivity contribution in [1.29, 1.82) is 0 Å². The molecular formula is C20H12N2O3S2. The predicted octanol–water partition coefficient (Wildman–Crippen LogP) is 3.62. The topological polar surface area (TPSA) is 68.5 Å². The standard InChI is InChI=1S/C20H12N2O3S2/c23-15-9-5-1-2-6-10(9)16(24)17-14(15)22-19(25)13-11-7-3-4-8-12(11)26-18(13)21-20(22)27-17/h1-2,5-6H,3-4,7-8H2. The van der Waals surface area contributed by atoms with Crippen LogP contribution in [0.2, 0.25) is 0 Å². The first-order chi connectivity index (χ1) is 13.1. The molecule has 0 atom stereocenters. The normalized spacial score (nSPS) is 15.9. The third-order valence-corrected chi connectivity index (χ3v) is 7.65.